The highest BCUT2D eigenvalue weighted by Gasteiger charge is 2.45. The Bertz CT molecular complexity index is 1010. The maximum atomic E-state index is 14.8. The number of benzene rings is 1. The van der Waals surface area contributed by atoms with Gasteiger partial charge in [0.2, 0.25) is 12.2 Å². The molecule has 2 aliphatic rings. The molecule has 35 heavy (non-hydrogen) atoms. The summed E-state index contributed by atoms with van der Waals surface area (Å²) in [5.74, 6) is -0.180. The van der Waals surface area contributed by atoms with Crippen molar-refractivity contribution in [2.75, 3.05) is 19.8 Å². The number of ether oxygens (including phenoxy) is 4. The molecule has 6 atom stereocenters. The summed E-state index contributed by atoms with van der Waals surface area (Å²) in [7, 11) is 0. The monoisotopic (exact) mass is 496 g/mol. The maximum Gasteiger partial charge on any atom is 0.239 e. The van der Waals surface area contributed by atoms with Gasteiger partial charge in [0, 0.05) is 30.1 Å². The summed E-state index contributed by atoms with van der Waals surface area (Å²) in [5, 5.41) is 44.5. The minimum Gasteiger partial charge on any atom is -0.485 e. The molecule has 0 aliphatic carbocycles. The van der Waals surface area contributed by atoms with Crippen LogP contribution in [-0.4, -0.2) is 86.8 Å². The summed E-state index contributed by atoms with van der Waals surface area (Å²) < 4.78 is 38.8. The fourth-order valence-electron chi connectivity index (χ4n) is 4.34. The van der Waals surface area contributed by atoms with E-state index in [0.717, 1.165) is 5.69 Å². The van der Waals surface area contributed by atoms with Crippen molar-refractivity contribution in [2.24, 2.45) is 0 Å². The number of aliphatic hydroxyl groups is 4. The standard InChI is InChI=1S/C24H33FN2O8/c1-12(2)27-13(3)16(8-14-4-5-18(17(25)9-14)33-15-6-7-32-11-15)23(26-27)35-24-22(31)21(30)20(29)19(10-28)34-24/h4-5,9,12,15,19-22,24,28-31H,6-8,10-11H2,1-3H3/t15?,19-,20-,21+,22-,24+/m1/s1. The average Bonchev–Trinajstić information content (AvgIpc) is 3.44. The van der Waals surface area contributed by atoms with Crippen LogP contribution in [0.3, 0.4) is 0 Å². The smallest absolute Gasteiger partial charge is 0.239 e. The Morgan fingerprint density at radius 2 is 1.94 bits per heavy atom. The molecular formula is C24H33FN2O8. The number of hydrogen-bond donors (Lipinski definition) is 4. The van der Waals surface area contributed by atoms with E-state index in [2.05, 4.69) is 5.10 Å². The summed E-state index contributed by atoms with van der Waals surface area (Å²) in [5.41, 5.74) is 2.08. The van der Waals surface area contributed by atoms with Gasteiger partial charge in [-0.2, -0.15) is 0 Å². The van der Waals surface area contributed by atoms with Crippen molar-refractivity contribution in [1.82, 2.24) is 9.78 Å². The van der Waals surface area contributed by atoms with E-state index in [1.165, 1.54) is 6.07 Å². The Kier molecular flexibility index (Phi) is 7.94. The van der Waals surface area contributed by atoms with Crippen molar-refractivity contribution in [2.45, 2.75) is 76.5 Å². The molecule has 2 aliphatic heterocycles. The van der Waals surface area contributed by atoms with Gasteiger partial charge < -0.3 is 39.4 Å². The van der Waals surface area contributed by atoms with Crippen LogP contribution in [0.2, 0.25) is 0 Å². The van der Waals surface area contributed by atoms with E-state index in [1.807, 2.05) is 20.8 Å². The molecule has 4 N–H and O–H groups in total. The molecule has 4 rings (SSSR count). The molecular weight excluding hydrogens is 463 g/mol. The van der Waals surface area contributed by atoms with E-state index in [-0.39, 0.29) is 30.2 Å². The average molecular weight is 497 g/mol. The first-order chi connectivity index (χ1) is 16.7. The van der Waals surface area contributed by atoms with Crippen molar-refractivity contribution in [3.8, 4) is 11.6 Å². The number of rotatable bonds is 8. The van der Waals surface area contributed by atoms with Gasteiger partial charge in [0.25, 0.3) is 0 Å². The van der Waals surface area contributed by atoms with Crippen molar-refractivity contribution >= 4 is 0 Å². The number of halogens is 1. The Balaban J connectivity index is 1.57. The van der Waals surface area contributed by atoms with Crippen LogP contribution in [0.1, 0.15) is 43.1 Å². The topological polar surface area (TPSA) is 136 Å². The molecule has 1 unspecified atom stereocenters. The van der Waals surface area contributed by atoms with E-state index >= 15 is 0 Å². The summed E-state index contributed by atoms with van der Waals surface area (Å²) in [4.78, 5) is 0. The second-order valence-electron chi connectivity index (χ2n) is 9.27. The largest absolute Gasteiger partial charge is 0.485 e. The zero-order chi connectivity index (χ0) is 25.3. The fourth-order valence-corrected chi connectivity index (χ4v) is 4.34. The fraction of sp³-hybridized carbons (Fsp3) is 0.625. The van der Waals surface area contributed by atoms with Gasteiger partial charge in [0.05, 0.1) is 19.8 Å². The molecule has 11 heteroatoms. The van der Waals surface area contributed by atoms with Crippen LogP contribution in [0.5, 0.6) is 11.6 Å². The van der Waals surface area contributed by atoms with E-state index in [4.69, 9.17) is 18.9 Å². The molecule has 0 bridgehead atoms. The number of hydrogen-bond acceptors (Lipinski definition) is 9. The van der Waals surface area contributed by atoms with E-state index in [1.54, 1.807) is 16.8 Å². The molecule has 0 saturated carbocycles. The molecule has 3 heterocycles. The van der Waals surface area contributed by atoms with Gasteiger partial charge in [-0.25, -0.2) is 4.39 Å². The van der Waals surface area contributed by atoms with Crippen molar-refractivity contribution in [3.63, 3.8) is 0 Å². The normalized spacial score (nSPS) is 29.1. The van der Waals surface area contributed by atoms with Crippen LogP contribution in [0.15, 0.2) is 18.2 Å². The number of nitrogens with zero attached hydrogens (tertiary/aromatic N) is 2. The van der Waals surface area contributed by atoms with Gasteiger partial charge in [0.1, 0.15) is 30.5 Å². The first kappa shape index (κ1) is 25.8. The predicted molar refractivity (Wildman–Crippen MR) is 121 cm³/mol. The summed E-state index contributed by atoms with van der Waals surface area (Å²) in [6.07, 6.45) is -6.30. The van der Waals surface area contributed by atoms with E-state index in [0.29, 0.717) is 30.8 Å². The maximum absolute atomic E-state index is 14.8. The Morgan fingerprint density at radius 3 is 2.57 bits per heavy atom. The summed E-state index contributed by atoms with van der Waals surface area (Å²) in [6.45, 7) is 6.21. The van der Waals surface area contributed by atoms with Gasteiger partial charge in [-0.3, -0.25) is 4.68 Å². The lowest BCUT2D eigenvalue weighted by Gasteiger charge is -2.39. The van der Waals surface area contributed by atoms with Crippen molar-refractivity contribution < 1.29 is 43.8 Å². The first-order valence-electron chi connectivity index (χ1n) is 11.8. The van der Waals surface area contributed by atoms with Crippen molar-refractivity contribution in [1.29, 1.82) is 0 Å². The molecule has 2 saturated heterocycles. The van der Waals surface area contributed by atoms with Gasteiger partial charge in [0.15, 0.2) is 11.6 Å². The van der Waals surface area contributed by atoms with E-state index < -0.39 is 43.1 Å². The lowest BCUT2D eigenvalue weighted by Crippen LogP contribution is -2.60. The molecule has 10 nitrogen and oxygen atoms in total. The van der Waals surface area contributed by atoms with Gasteiger partial charge in [-0.15, -0.1) is 5.10 Å². The quantitative estimate of drug-likeness (QED) is 0.419. The van der Waals surface area contributed by atoms with Gasteiger partial charge in [-0.1, -0.05) is 6.07 Å². The number of aromatic nitrogens is 2. The predicted octanol–water partition coefficient (Wildman–Crippen LogP) is 0.849. The van der Waals surface area contributed by atoms with Crippen LogP contribution < -0.4 is 9.47 Å². The minimum absolute atomic E-state index is 0.0120. The molecule has 2 fully saturated rings. The summed E-state index contributed by atoms with van der Waals surface area (Å²) in [6, 6.07) is 4.73. The molecule has 1 aromatic heterocycles. The van der Waals surface area contributed by atoms with Crippen molar-refractivity contribution in [3.05, 3.63) is 40.8 Å². The van der Waals surface area contributed by atoms with E-state index in [9.17, 15) is 24.8 Å². The molecule has 194 valence electrons. The Morgan fingerprint density at radius 1 is 1.17 bits per heavy atom. The molecule has 0 spiro atoms. The first-order valence-corrected chi connectivity index (χ1v) is 11.8. The zero-order valence-electron chi connectivity index (χ0n) is 20.0. The minimum atomic E-state index is -1.57. The van der Waals surface area contributed by atoms with Crippen LogP contribution in [-0.2, 0) is 15.9 Å². The Hall–Kier alpha value is -2.28. The lowest BCUT2D eigenvalue weighted by atomic mass is 9.99. The highest BCUT2D eigenvalue weighted by Crippen LogP contribution is 2.31. The molecule has 2 aromatic rings. The second kappa shape index (κ2) is 10.8. The van der Waals surface area contributed by atoms with Crippen LogP contribution in [0.25, 0.3) is 0 Å². The zero-order valence-corrected chi connectivity index (χ0v) is 20.0. The highest BCUT2D eigenvalue weighted by molar-refractivity contribution is 5.39. The lowest BCUT2D eigenvalue weighted by molar-refractivity contribution is -0.278. The van der Waals surface area contributed by atoms with Gasteiger partial charge >= 0.3 is 0 Å². The highest BCUT2D eigenvalue weighted by atomic mass is 19.1. The van der Waals surface area contributed by atoms with Crippen LogP contribution >= 0.6 is 0 Å². The third-order valence-electron chi connectivity index (χ3n) is 6.36. The third-order valence-corrected chi connectivity index (χ3v) is 6.36. The second-order valence-corrected chi connectivity index (χ2v) is 9.27. The van der Waals surface area contributed by atoms with Gasteiger partial charge in [-0.05, 0) is 38.5 Å². The SMILES string of the molecule is Cc1c(Cc2ccc(OC3CCOC3)c(F)c2)c(O[C@@H]2O[C@H](CO)[C@@H](O)[C@H](O)[C@H]2O)nn1C(C)C. The summed E-state index contributed by atoms with van der Waals surface area (Å²) >= 11 is 0. The Labute approximate surface area is 202 Å². The molecule has 0 radical (unpaired) electrons. The number of aliphatic hydroxyl groups excluding tert-OH is 4. The van der Waals surface area contributed by atoms with Crippen LogP contribution in [0, 0.1) is 12.7 Å². The van der Waals surface area contributed by atoms with Crippen LogP contribution in [0.4, 0.5) is 4.39 Å². The molecule has 1 aromatic carbocycles. The molecule has 0 amide bonds. The third kappa shape index (κ3) is 5.45.